The van der Waals surface area contributed by atoms with Crippen LogP contribution in [0.1, 0.15) is 27.8 Å². The Labute approximate surface area is 163 Å². The molecule has 0 bridgehead atoms. The molecule has 140 valence electrons. The lowest BCUT2D eigenvalue weighted by atomic mass is 10.1. The Kier molecular flexibility index (Phi) is 5.88. The molecule has 0 aliphatic heterocycles. The van der Waals surface area contributed by atoms with Crippen LogP contribution < -0.4 is 5.32 Å². The maximum absolute atomic E-state index is 12.5. The van der Waals surface area contributed by atoms with Crippen LogP contribution in [0, 0.1) is 6.92 Å². The van der Waals surface area contributed by atoms with Gasteiger partial charge in [-0.05, 0) is 56.9 Å². The van der Waals surface area contributed by atoms with Crippen molar-refractivity contribution in [2.45, 2.75) is 13.0 Å². The van der Waals surface area contributed by atoms with E-state index in [9.17, 15) is 4.79 Å². The molecule has 0 aliphatic carbocycles. The molecule has 1 amide bonds. The van der Waals surface area contributed by atoms with Gasteiger partial charge < -0.3 is 14.7 Å². The van der Waals surface area contributed by atoms with Gasteiger partial charge in [0.1, 0.15) is 0 Å². The fourth-order valence-electron chi connectivity index (χ4n) is 2.79. The number of amides is 1. The first-order chi connectivity index (χ1) is 13.0. The molecule has 0 aliphatic rings. The van der Waals surface area contributed by atoms with E-state index in [0.717, 1.165) is 11.1 Å². The van der Waals surface area contributed by atoms with Gasteiger partial charge in [0.15, 0.2) is 5.82 Å². The molecule has 1 aromatic heterocycles. The van der Waals surface area contributed by atoms with Crippen molar-refractivity contribution >= 4 is 17.5 Å². The summed E-state index contributed by atoms with van der Waals surface area (Å²) in [4.78, 5) is 18.7. The molecular formula is C20H21ClN4O2. The summed E-state index contributed by atoms with van der Waals surface area (Å²) in [6.07, 6.45) is 0. The zero-order chi connectivity index (χ0) is 19.4. The van der Waals surface area contributed by atoms with E-state index in [1.807, 2.05) is 43.3 Å². The van der Waals surface area contributed by atoms with Gasteiger partial charge in [-0.1, -0.05) is 35.0 Å². The van der Waals surface area contributed by atoms with Crippen molar-refractivity contribution in [3.8, 4) is 11.5 Å². The molecule has 1 heterocycles. The quantitative estimate of drug-likeness (QED) is 0.701. The molecule has 2 aromatic carbocycles. The van der Waals surface area contributed by atoms with Gasteiger partial charge in [0, 0.05) is 22.7 Å². The van der Waals surface area contributed by atoms with Crippen LogP contribution in [0.25, 0.3) is 11.5 Å². The molecule has 0 spiro atoms. The van der Waals surface area contributed by atoms with Crippen LogP contribution in [0.5, 0.6) is 0 Å². The second-order valence-corrected chi connectivity index (χ2v) is 6.84. The smallest absolute Gasteiger partial charge is 0.257 e. The monoisotopic (exact) mass is 384 g/mol. The highest BCUT2D eigenvalue weighted by Crippen LogP contribution is 2.25. The van der Waals surface area contributed by atoms with Gasteiger partial charge in [0.25, 0.3) is 11.8 Å². The van der Waals surface area contributed by atoms with E-state index in [1.165, 1.54) is 0 Å². The van der Waals surface area contributed by atoms with Crippen molar-refractivity contribution in [2.24, 2.45) is 0 Å². The fourth-order valence-corrected chi connectivity index (χ4v) is 3.05. The van der Waals surface area contributed by atoms with Crippen molar-refractivity contribution in [1.82, 2.24) is 20.4 Å². The summed E-state index contributed by atoms with van der Waals surface area (Å²) in [7, 11) is 3.92. The lowest BCUT2D eigenvalue weighted by Gasteiger charge is -2.26. The molecule has 0 saturated heterocycles. The van der Waals surface area contributed by atoms with Crippen LogP contribution in [-0.4, -0.2) is 41.6 Å². The summed E-state index contributed by atoms with van der Waals surface area (Å²) >= 11 is 6.31. The van der Waals surface area contributed by atoms with Gasteiger partial charge in [0.05, 0.1) is 6.04 Å². The summed E-state index contributed by atoms with van der Waals surface area (Å²) < 4.78 is 5.14. The Balaban J connectivity index is 1.68. The molecule has 0 saturated carbocycles. The van der Waals surface area contributed by atoms with Crippen LogP contribution in [0.4, 0.5) is 0 Å². The molecule has 1 N–H and O–H groups in total. The highest BCUT2D eigenvalue weighted by Gasteiger charge is 2.18. The number of hydrogen-bond donors (Lipinski definition) is 1. The molecule has 1 unspecified atom stereocenters. The Morgan fingerprint density at radius 3 is 2.48 bits per heavy atom. The second kappa shape index (κ2) is 8.33. The van der Waals surface area contributed by atoms with E-state index in [1.54, 1.807) is 31.2 Å². The molecule has 6 nitrogen and oxygen atoms in total. The maximum atomic E-state index is 12.5. The Morgan fingerprint density at radius 1 is 1.19 bits per heavy atom. The first-order valence-corrected chi connectivity index (χ1v) is 8.93. The Bertz CT molecular complexity index is 922. The molecule has 1 atom stereocenters. The summed E-state index contributed by atoms with van der Waals surface area (Å²) in [5, 5.41) is 7.43. The molecule has 27 heavy (non-hydrogen) atoms. The van der Waals surface area contributed by atoms with E-state index in [-0.39, 0.29) is 11.9 Å². The number of halogens is 1. The minimum Gasteiger partial charge on any atom is -0.350 e. The van der Waals surface area contributed by atoms with Crippen LogP contribution in [-0.2, 0) is 0 Å². The van der Waals surface area contributed by atoms with Crippen LogP contribution in [0.2, 0.25) is 5.02 Å². The number of aromatic nitrogens is 2. The highest BCUT2D eigenvalue weighted by atomic mass is 35.5. The van der Waals surface area contributed by atoms with E-state index in [0.29, 0.717) is 28.8 Å². The van der Waals surface area contributed by atoms with Crippen LogP contribution >= 0.6 is 11.6 Å². The van der Waals surface area contributed by atoms with Gasteiger partial charge in [-0.25, -0.2) is 0 Å². The zero-order valence-corrected chi connectivity index (χ0v) is 16.2. The van der Waals surface area contributed by atoms with E-state index in [2.05, 4.69) is 15.5 Å². The SMILES string of the molecule is Cc1noc(-c2ccc(C(=O)NCC(c3ccccc3Cl)N(C)C)cc2)n1. The number of likely N-dealkylation sites (N-methyl/N-ethyl adjacent to an activating group) is 1. The third kappa shape index (κ3) is 4.53. The number of nitrogens with zero attached hydrogens (tertiary/aromatic N) is 3. The number of nitrogens with one attached hydrogen (secondary N) is 1. The van der Waals surface area contributed by atoms with E-state index >= 15 is 0 Å². The van der Waals surface area contributed by atoms with Crippen molar-refractivity contribution in [2.75, 3.05) is 20.6 Å². The summed E-state index contributed by atoms with van der Waals surface area (Å²) in [5.41, 5.74) is 2.31. The van der Waals surface area contributed by atoms with Crippen molar-refractivity contribution in [3.63, 3.8) is 0 Å². The van der Waals surface area contributed by atoms with Gasteiger partial charge >= 0.3 is 0 Å². The number of carbonyl (C=O) groups is 1. The van der Waals surface area contributed by atoms with Gasteiger partial charge in [0.2, 0.25) is 0 Å². The van der Waals surface area contributed by atoms with Gasteiger partial charge in [-0.3, -0.25) is 4.79 Å². The molecule has 3 rings (SSSR count). The standard InChI is InChI=1S/C20H21ClN4O2/c1-13-23-20(27-24-13)15-10-8-14(9-11-15)19(26)22-12-18(25(2)3)16-6-4-5-7-17(16)21/h4-11,18H,12H2,1-3H3,(H,22,26). The minimum absolute atomic E-state index is 0.0247. The topological polar surface area (TPSA) is 71.3 Å². The van der Waals surface area contributed by atoms with Gasteiger partial charge in [-0.2, -0.15) is 4.98 Å². The van der Waals surface area contributed by atoms with Crippen molar-refractivity contribution < 1.29 is 9.32 Å². The second-order valence-electron chi connectivity index (χ2n) is 6.44. The molecule has 7 heteroatoms. The molecular weight excluding hydrogens is 364 g/mol. The fraction of sp³-hybridized carbons (Fsp3) is 0.250. The average Bonchev–Trinajstić information content (AvgIpc) is 3.09. The molecule has 0 fully saturated rings. The number of carbonyl (C=O) groups excluding carboxylic acids is 1. The average molecular weight is 385 g/mol. The van der Waals surface area contributed by atoms with Crippen LogP contribution in [0.3, 0.4) is 0 Å². The number of benzene rings is 2. The Hall–Kier alpha value is -2.70. The lowest BCUT2D eigenvalue weighted by molar-refractivity contribution is 0.0942. The third-order valence-corrected chi connectivity index (χ3v) is 4.61. The van der Waals surface area contributed by atoms with E-state index in [4.69, 9.17) is 16.1 Å². The van der Waals surface area contributed by atoms with Gasteiger partial charge in [-0.15, -0.1) is 0 Å². The lowest BCUT2D eigenvalue weighted by Crippen LogP contribution is -2.34. The predicted molar refractivity (Wildman–Crippen MR) is 105 cm³/mol. The van der Waals surface area contributed by atoms with Crippen molar-refractivity contribution in [1.29, 1.82) is 0 Å². The van der Waals surface area contributed by atoms with E-state index < -0.39 is 0 Å². The summed E-state index contributed by atoms with van der Waals surface area (Å²) in [6.45, 7) is 2.20. The first kappa shape index (κ1) is 19.1. The number of hydrogen-bond acceptors (Lipinski definition) is 5. The maximum Gasteiger partial charge on any atom is 0.257 e. The number of rotatable bonds is 6. The first-order valence-electron chi connectivity index (χ1n) is 8.55. The zero-order valence-electron chi connectivity index (χ0n) is 15.4. The Morgan fingerprint density at radius 2 is 1.89 bits per heavy atom. The van der Waals surface area contributed by atoms with Crippen molar-refractivity contribution in [3.05, 3.63) is 70.5 Å². The predicted octanol–water partition coefficient (Wildman–Crippen LogP) is 3.73. The third-order valence-electron chi connectivity index (χ3n) is 4.27. The molecule has 3 aromatic rings. The molecule has 0 radical (unpaired) electrons. The largest absolute Gasteiger partial charge is 0.350 e. The minimum atomic E-state index is -0.151. The normalized spacial score (nSPS) is 12.2. The summed E-state index contributed by atoms with van der Waals surface area (Å²) in [6, 6.07) is 14.7. The summed E-state index contributed by atoms with van der Waals surface area (Å²) in [5.74, 6) is 0.856. The van der Waals surface area contributed by atoms with Crippen LogP contribution in [0.15, 0.2) is 53.1 Å². The highest BCUT2D eigenvalue weighted by molar-refractivity contribution is 6.31. The number of aryl methyl sites for hydroxylation is 1.